The first-order valence-electron chi connectivity index (χ1n) is 5.71. The van der Waals surface area contributed by atoms with Crippen LogP contribution in [0.4, 0.5) is 0 Å². The van der Waals surface area contributed by atoms with E-state index >= 15 is 0 Å². The molecule has 0 radical (unpaired) electrons. The molecule has 1 unspecified atom stereocenters. The van der Waals surface area contributed by atoms with Crippen molar-refractivity contribution in [1.29, 1.82) is 0 Å². The quantitative estimate of drug-likeness (QED) is 0.830. The van der Waals surface area contributed by atoms with E-state index in [2.05, 4.69) is 31.2 Å². The highest BCUT2D eigenvalue weighted by molar-refractivity contribution is 5.72. The molecule has 0 aromatic carbocycles. The zero-order chi connectivity index (χ0) is 13.2. The number of nitrogens with one attached hydrogen (secondary N) is 1. The van der Waals surface area contributed by atoms with Gasteiger partial charge >= 0.3 is 5.97 Å². The Labute approximate surface area is 102 Å². The van der Waals surface area contributed by atoms with E-state index in [1.807, 2.05) is 13.2 Å². The van der Waals surface area contributed by atoms with E-state index in [1.165, 1.54) is 0 Å². The maximum atomic E-state index is 10.7. The Morgan fingerprint density at radius 1 is 1.59 bits per heavy atom. The van der Waals surface area contributed by atoms with Crippen molar-refractivity contribution in [2.75, 3.05) is 0 Å². The number of nitrogens with zero attached hydrogens (tertiary/aromatic N) is 2. The molecule has 0 fully saturated rings. The maximum Gasteiger partial charge on any atom is 0.320 e. The summed E-state index contributed by atoms with van der Waals surface area (Å²) < 4.78 is 1.77. The topological polar surface area (TPSA) is 67.2 Å². The molecule has 1 aromatic rings. The largest absolute Gasteiger partial charge is 0.480 e. The second kappa shape index (κ2) is 4.87. The first-order chi connectivity index (χ1) is 7.71. The molecule has 0 saturated heterocycles. The van der Waals surface area contributed by atoms with Gasteiger partial charge in [-0.25, -0.2) is 0 Å². The van der Waals surface area contributed by atoms with Gasteiger partial charge in [0.05, 0.1) is 5.69 Å². The lowest BCUT2D eigenvalue weighted by molar-refractivity contribution is -0.139. The van der Waals surface area contributed by atoms with Gasteiger partial charge < -0.3 is 10.4 Å². The fourth-order valence-corrected chi connectivity index (χ4v) is 1.65. The van der Waals surface area contributed by atoms with Crippen molar-refractivity contribution < 1.29 is 9.90 Å². The van der Waals surface area contributed by atoms with Crippen molar-refractivity contribution in [3.63, 3.8) is 0 Å². The van der Waals surface area contributed by atoms with Crippen LogP contribution in [0.25, 0.3) is 0 Å². The molecule has 0 aliphatic carbocycles. The number of aromatic nitrogens is 2. The second-order valence-electron chi connectivity index (χ2n) is 5.37. The summed E-state index contributed by atoms with van der Waals surface area (Å²) in [6, 6.07) is -0.553. The molecule has 2 N–H and O–H groups in total. The summed E-state index contributed by atoms with van der Waals surface area (Å²) in [5, 5.41) is 16.2. The molecule has 96 valence electrons. The van der Waals surface area contributed by atoms with Crippen LogP contribution < -0.4 is 5.32 Å². The molecule has 0 bridgehead atoms. The average Bonchev–Trinajstić information content (AvgIpc) is 2.55. The summed E-state index contributed by atoms with van der Waals surface area (Å²) in [4.78, 5) is 10.7. The van der Waals surface area contributed by atoms with E-state index in [1.54, 1.807) is 11.6 Å². The van der Waals surface area contributed by atoms with Gasteiger partial charge in [-0.2, -0.15) is 5.10 Å². The summed E-state index contributed by atoms with van der Waals surface area (Å²) in [6.45, 7) is 8.45. The van der Waals surface area contributed by atoms with Crippen molar-refractivity contribution in [3.05, 3.63) is 17.5 Å². The van der Waals surface area contributed by atoms with Crippen LogP contribution in [-0.4, -0.2) is 26.9 Å². The van der Waals surface area contributed by atoms with E-state index in [0.717, 1.165) is 11.3 Å². The minimum Gasteiger partial charge on any atom is -0.480 e. The molecule has 0 saturated carbocycles. The molecule has 5 heteroatoms. The van der Waals surface area contributed by atoms with Crippen LogP contribution >= 0.6 is 0 Å². The van der Waals surface area contributed by atoms with Gasteiger partial charge in [-0.1, -0.05) is 20.8 Å². The molecular weight excluding hydrogens is 218 g/mol. The van der Waals surface area contributed by atoms with E-state index in [-0.39, 0.29) is 5.41 Å². The smallest absolute Gasteiger partial charge is 0.320 e. The van der Waals surface area contributed by atoms with Gasteiger partial charge in [0.15, 0.2) is 0 Å². The molecular formula is C12H21N3O2. The fourth-order valence-electron chi connectivity index (χ4n) is 1.65. The van der Waals surface area contributed by atoms with E-state index in [4.69, 9.17) is 5.11 Å². The minimum absolute atomic E-state index is 0.0370. The van der Waals surface area contributed by atoms with E-state index in [0.29, 0.717) is 6.54 Å². The van der Waals surface area contributed by atoms with Crippen molar-refractivity contribution >= 4 is 5.97 Å². The zero-order valence-electron chi connectivity index (χ0n) is 11.1. The van der Waals surface area contributed by atoms with Crippen LogP contribution in [0, 0.1) is 0 Å². The molecule has 1 rings (SSSR count). The summed E-state index contributed by atoms with van der Waals surface area (Å²) in [5.41, 5.74) is 2.02. The normalized spacial score (nSPS) is 13.7. The van der Waals surface area contributed by atoms with Crippen LogP contribution in [-0.2, 0) is 23.8 Å². The number of carboxylic acid groups (broad SMARTS) is 1. The van der Waals surface area contributed by atoms with Gasteiger partial charge in [-0.05, 0) is 6.92 Å². The van der Waals surface area contributed by atoms with E-state index < -0.39 is 12.0 Å². The number of rotatable bonds is 4. The van der Waals surface area contributed by atoms with E-state index in [9.17, 15) is 4.79 Å². The molecule has 0 aliphatic rings. The lowest BCUT2D eigenvalue weighted by Crippen LogP contribution is -2.33. The van der Waals surface area contributed by atoms with Gasteiger partial charge in [-0.15, -0.1) is 0 Å². The predicted octanol–water partition coefficient (Wildman–Crippen LogP) is 1.28. The van der Waals surface area contributed by atoms with Crippen molar-refractivity contribution in [3.8, 4) is 0 Å². The lowest BCUT2D eigenvalue weighted by Gasteiger charge is -2.18. The Morgan fingerprint density at radius 2 is 2.18 bits per heavy atom. The number of hydrogen-bond donors (Lipinski definition) is 2. The summed E-state index contributed by atoms with van der Waals surface area (Å²) >= 11 is 0. The highest BCUT2D eigenvalue weighted by Gasteiger charge is 2.22. The monoisotopic (exact) mass is 239 g/mol. The Hall–Kier alpha value is -1.36. The average molecular weight is 239 g/mol. The first kappa shape index (κ1) is 13.7. The standard InChI is InChI=1S/C12H21N3O2/c1-8(11(16)17)13-6-9-7-15(5)14-10(9)12(2,3)4/h7-8,13H,6H2,1-5H3,(H,16,17). The van der Waals surface area contributed by atoms with Crippen LogP contribution in [0.5, 0.6) is 0 Å². The molecule has 0 spiro atoms. The van der Waals surface area contributed by atoms with Crippen LogP contribution in [0.1, 0.15) is 39.0 Å². The van der Waals surface area contributed by atoms with Crippen molar-refractivity contribution in [2.24, 2.45) is 7.05 Å². The van der Waals surface area contributed by atoms with Gasteiger partial charge in [0.25, 0.3) is 0 Å². The highest BCUT2D eigenvalue weighted by atomic mass is 16.4. The van der Waals surface area contributed by atoms with Gasteiger partial charge in [0, 0.05) is 30.8 Å². The van der Waals surface area contributed by atoms with Crippen LogP contribution in [0.2, 0.25) is 0 Å². The molecule has 5 nitrogen and oxygen atoms in total. The highest BCUT2D eigenvalue weighted by Crippen LogP contribution is 2.23. The Bertz CT molecular complexity index is 404. The number of hydrogen-bond acceptors (Lipinski definition) is 3. The molecule has 17 heavy (non-hydrogen) atoms. The second-order valence-corrected chi connectivity index (χ2v) is 5.37. The Balaban J connectivity index is 2.81. The maximum absolute atomic E-state index is 10.7. The SMILES string of the molecule is CC(NCc1cn(C)nc1C(C)(C)C)C(=O)O. The van der Waals surface area contributed by atoms with Crippen LogP contribution in [0.15, 0.2) is 6.20 Å². The molecule has 1 aromatic heterocycles. The third-order valence-electron chi connectivity index (χ3n) is 2.58. The number of aryl methyl sites for hydroxylation is 1. The van der Waals surface area contributed by atoms with Gasteiger partial charge in [0.1, 0.15) is 6.04 Å². The third-order valence-corrected chi connectivity index (χ3v) is 2.58. The van der Waals surface area contributed by atoms with Crippen LogP contribution in [0.3, 0.4) is 0 Å². The van der Waals surface area contributed by atoms with Gasteiger partial charge in [0.2, 0.25) is 0 Å². The molecule has 0 aliphatic heterocycles. The number of aliphatic carboxylic acids is 1. The van der Waals surface area contributed by atoms with Crippen molar-refractivity contribution in [2.45, 2.75) is 45.7 Å². The number of carbonyl (C=O) groups is 1. The van der Waals surface area contributed by atoms with Crippen molar-refractivity contribution in [1.82, 2.24) is 15.1 Å². The first-order valence-corrected chi connectivity index (χ1v) is 5.71. The Kier molecular flexibility index (Phi) is 3.93. The molecule has 1 heterocycles. The molecule has 0 amide bonds. The fraction of sp³-hybridized carbons (Fsp3) is 0.667. The zero-order valence-corrected chi connectivity index (χ0v) is 11.1. The molecule has 1 atom stereocenters. The van der Waals surface area contributed by atoms with Gasteiger partial charge in [-0.3, -0.25) is 9.48 Å². The summed E-state index contributed by atoms with van der Waals surface area (Å²) in [7, 11) is 1.87. The summed E-state index contributed by atoms with van der Waals surface area (Å²) in [5.74, 6) is -0.841. The lowest BCUT2D eigenvalue weighted by atomic mass is 9.89. The number of carboxylic acids is 1. The minimum atomic E-state index is -0.841. The Morgan fingerprint density at radius 3 is 2.65 bits per heavy atom. The third kappa shape index (κ3) is 3.56. The summed E-state index contributed by atoms with van der Waals surface area (Å²) in [6.07, 6.45) is 1.93. The predicted molar refractivity (Wildman–Crippen MR) is 65.8 cm³/mol.